The third-order valence-electron chi connectivity index (χ3n) is 2.47. The number of carboxylic acids is 1. The summed E-state index contributed by atoms with van der Waals surface area (Å²) in [5.74, 6) is -1.01. The van der Waals surface area contributed by atoms with Gasteiger partial charge in [0.1, 0.15) is 0 Å². The lowest BCUT2D eigenvalue weighted by Crippen LogP contribution is -2.56. The van der Waals surface area contributed by atoms with E-state index in [0.29, 0.717) is 13.2 Å². The molecule has 1 aliphatic heterocycles. The fourth-order valence-electron chi connectivity index (χ4n) is 1.74. The highest BCUT2D eigenvalue weighted by atomic mass is 16.5. The Morgan fingerprint density at radius 2 is 2.13 bits per heavy atom. The Balaban J connectivity index is 2.72. The second-order valence-corrected chi connectivity index (χ2v) is 4.47. The summed E-state index contributed by atoms with van der Waals surface area (Å²) < 4.78 is 5.50. The average Bonchev–Trinajstić information content (AvgIpc) is 2.07. The van der Waals surface area contributed by atoms with Gasteiger partial charge in [-0.1, -0.05) is 0 Å². The molecule has 1 atom stereocenters. The van der Waals surface area contributed by atoms with Crippen LogP contribution < -0.4 is 0 Å². The quantitative estimate of drug-likeness (QED) is 0.727. The van der Waals surface area contributed by atoms with Crippen molar-refractivity contribution in [3.8, 4) is 0 Å². The van der Waals surface area contributed by atoms with Crippen LogP contribution in [0, 0.1) is 0 Å². The van der Waals surface area contributed by atoms with Crippen LogP contribution in [0.1, 0.15) is 27.2 Å². The Morgan fingerprint density at radius 1 is 1.53 bits per heavy atom. The molecule has 1 fully saturated rings. The summed E-state index contributed by atoms with van der Waals surface area (Å²) in [6.45, 7) is 5.97. The number of hydrogen-bond acceptors (Lipinski definition) is 3. The van der Waals surface area contributed by atoms with Gasteiger partial charge in [-0.3, -0.25) is 9.59 Å². The fraction of sp³-hybridized carbons (Fsp3) is 0.800. The predicted molar refractivity (Wildman–Crippen MR) is 53.5 cm³/mol. The molecule has 1 unspecified atom stereocenters. The van der Waals surface area contributed by atoms with Crippen molar-refractivity contribution >= 4 is 11.9 Å². The zero-order chi connectivity index (χ0) is 11.6. The minimum atomic E-state index is -0.908. The molecule has 86 valence electrons. The van der Waals surface area contributed by atoms with E-state index in [2.05, 4.69) is 0 Å². The third-order valence-corrected chi connectivity index (χ3v) is 2.47. The Hall–Kier alpha value is -1.10. The molecule has 0 bridgehead atoms. The zero-order valence-corrected chi connectivity index (χ0v) is 9.32. The Kier molecular flexibility index (Phi) is 3.34. The van der Waals surface area contributed by atoms with Crippen LogP contribution in [0.4, 0.5) is 0 Å². The van der Waals surface area contributed by atoms with Gasteiger partial charge in [-0.05, 0) is 13.8 Å². The second-order valence-electron chi connectivity index (χ2n) is 4.47. The molecule has 5 nitrogen and oxygen atoms in total. The normalized spacial score (nSPS) is 25.0. The number of aliphatic carboxylic acids is 1. The zero-order valence-electron chi connectivity index (χ0n) is 9.32. The van der Waals surface area contributed by atoms with E-state index in [1.165, 1.54) is 6.92 Å². The largest absolute Gasteiger partial charge is 0.481 e. The summed E-state index contributed by atoms with van der Waals surface area (Å²) in [7, 11) is 0. The van der Waals surface area contributed by atoms with Crippen LogP contribution in [-0.4, -0.2) is 46.7 Å². The van der Waals surface area contributed by atoms with Crippen LogP contribution in [0.2, 0.25) is 0 Å². The van der Waals surface area contributed by atoms with Gasteiger partial charge >= 0.3 is 5.97 Å². The molecule has 0 aromatic heterocycles. The van der Waals surface area contributed by atoms with Gasteiger partial charge in [0.2, 0.25) is 5.91 Å². The highest BCUT2D eigenvalue weighted by Gasteiger charge is 2.36. The summed E-state index contributed by atoms with van der Waals surface area (Å²) in [6.07, 6.45) is -0.0599. The summed E-state index contributed by atoms with van der Waals surface area (Å²) in [5.41, 5.74) is -0.388. The minimum absolute atomic E-state index is 0.0599. The number of amides is 1. The molecule has 0 radical (unpaired) electrons. The van der Waals surface area contributed by atoms with Crippen molar-refractivity contribution in [3.63, 3.8) is 0 Å². The first-order valence-electron chi connectivity index (χ1n) is 4.95. The highest BCUT2D eigenvalue weighted by molar-refractivity contribution is 5.75. The molecular weight excluding hydrogens is 198 g/mol. The van der Waals surface area contributed by atoms with E-state index in [-0.39, 0.29) is 24.0 Å². The first-order valence-corrected chi connectivity index (χ1v) is 4.95. The summed E-state index contributed by atoms with van der Waals surface area (Å²) in [4.78, 5) is 23.5. The third kappa shape index (κ3) is 3.20. The van der Waals surface area contributed by atoms with E-state index in [1.807, 2.05) is 13.8 Å². The molecule has 1 rings (SSSR count). The van der Waals surface area contributed by atoms with E-state index in [9.17, 15) is 9.59 Å². The van der Waals surface area contributed by atoms with Crippen LogP contribution in [-0.2, 0) is 14.3 Å². The molecule has 1 aliphatic rings. The van der Waals surface area contributed by atoms with Gasteiger partial charge in [-0.2, -0.15) is 0 Å². The van der Waals surface area contributed by atoms with Crippen molar-refractivity contribution in [2.75, 3.05) is 13.2 Å². The smallest absolute Gasteiger partial charge is 0.305 e. The summed E-state index contributed by atoms with van der Waals surface area (Å²) >= 11 is 0. The maximum absolute atomic E-state index is 11.4. The van der Waals surface area contributed by atoms with Crippen LogP contribution in [0.25, 0.3) is 0 Å². The van der Waals surface area contributed by atoms with Crippen LogP contribution in [0.15, 0.2) is 0 Å². The van der Waals surface area contributed by atoms with Crippen molar-refractivity contribution in [1.29, 1.82) is 0 Å². The average molecular weight is 215 g/mol. The maximum Gasteiger partial charge on any atom is 0.305 e. The monoisotopic (exact) mass is 215 g/mol. The molecule has 0 spiro atoms. The molecule has 0 aliphatic carbocycles. The Labute approximate surface area is 89.0 Å². The molecule has 0 saturated carbocycles. The van der Waals surface area contributed by atoms with Crippen molar-refractivity contribution in [2.45, 2.75) is 38.8 Å². The molecule has 5 heteroatoms. The molecule has 1 amide bonds. The molecule has 0 aromatic rings. The standard InChI is InChI=1S/C10H17NO4/c1-7(12)11-6-10(2,3)15-5-8(11)4-9(13)14/h8H,4-6H2,1-3H3,(H,13,14). The lowest BCUT2D eigenvalue weighted by molar-refractivity contribution is -0.159. The topological polar surface area (TPSA) is 66.8 Å². The number of hydrogen-bond donors (Lipinski definition) is 1. The fourth-order valence-corrected chi connectivity index (χ4v) is 1.74. The maximum atomic E-state index is 11.4. The highest BCUT2D eigenvalue weighted by Crippen LogP contribution is 2.22. The van der Waals surface area contributed by atoms with E-state index >= 15 is 0 Å². The number of nitrogens with zero attached hydrogens (tertiary/aromatic N) is 1. The lowest BCUT2D eigenvalue weighted by atomic mass is 10.0. The van der Waals surface area contributed by atoms with Crippen molar-refractivity contribution in [3.05, 3.63) is 0 Å². The first kappa shape index (κ1) is 12.0. The first-order chi connectivity index (χ1) is 6.82. The van der Waals surface area contributed by atoms with Gasteiger partial charge in [-0.15, -0.1) is 0 Å². The van der Waals surface area contributed by atoms with Gasteiger partial charge in [0.15, 0.2) is 0 Å². The number of ether oxygens (including phenoxy) is 1. The Bertz CT molecular complexity index is 275. The van der Waals surface area contributed by atoms with Crippen molar-refractivity contribution in [1.82, 2.24) is 4.90 Å². The van der Waals surface area contributed by atoms with Gasteiger partial charge in [0.25, 0.3) is 0 Å². The predicted octanol–water partition coefficient (Wildman–Crippen LogP) is 0.487. The van der Waals surface area contributed by atoms with E-state index in [4.69, 9.17) is 9.84 Å². The van der Waals surface area contributed by atoms with Crippen molar-refractivity contribution in [2.24, 2.45) is 0 Å². The molecule has 15 heavy (non-hydrogen) atoms. The lowest BCUT2D eigenvalue weighted by Gasteiger charge is -2.42. The van der Waals surface area contributed by atoms with Crippen LogP contribution in [0.3, 0.4) is 0 Å². The van der Waals surface area contributed by atoms with E-state index in [1.54, 1.807) is 4.90 Å². The second kappa shape index (κ2) is 4.18. The number of carbonyl (C=O) groups excluding carboxylic acids is 1. The van der Waals surface area contributed by atoms with Gasteiger partial charge < -0.3 is 14.7 Å². The van der Waals surface area contributed by atoms with E-state index < -0.39 is 5.97 Å². The molecular formula is C10H17NO4. The summed E-state index contributed by atoms with van der Waals surface area (Å²) in [6, 6.07) is -0.340. The molecule has 1 heterocycles. The van der Waals surface area contributed by atoms with Gasteiger partial charge in [0.05, 0.1) is 24.7 Å². The van der Waals surface area contributed by atoms with Crippen LogP contribution >= 0.6 is 0 Å². The molecule has 0 aromatic carbocycles. The minimum Gasteiger partial charge on any atom is -0.481 e. The number of rotatable bonds is 2. The van der Waals surface area contributed by atoms with Gasteiger partial charge in [0, 0.05) is 13.5 Å². The Morgan fingerprint density at radius 3 is 2.60 bits per heavy atom. The summed E-state index contributed by atoms with van der Waals surface area (Å²) in [5, 5.41) is 8.70. The number of carbonyl (C=O) groups is 2. The number of morpholine rings is 1. The molecule has 1 N–H and O–H groups in total. The van der Waals surface area contributed by atoms with Crippen LogP contribution in [0.5, 0.6) is 0 Å². The number of carboxylic acid groups (broad SMARTS) is 1. The van der Waals surface area contributed by atoms with E-state index in [0.717, 1.165) is 0 Å². The SMILES string of the molecule is CC(=O)N1CC(C)(C)OCC1CC(=O)O. The van der Waals surface area contributed by atoms with Crippen molar-refractivity contribution < 1.29 is 19.4 Å². The molecule has 1 saturated heterocycles. The van der Waals surface area contributed by atoms with Gasteiger partial charge in [-0.25, -0.2) is 0 Å².